The Hall–Kier alpha value is -0.650. The number of hydrogen-bond acceptors (Lipinski definition) is 3. The lowest BCUT2D eigenvalue weighted by atomic mass is 10.1. The van der Waals surface area contributed by atoms with Crippen LogP contribution in [0, 0.1) is 0 Å². The van der Waals surface area contributed by atoms with Crippen LogP contribution in [-0.4, -0.2) is 27.2 Å². The smallest absolute Gasteiger partial charge is 0.160 e. The minimum absolute atomic E-state index is 0.147. The van der Waals surface area contributed by atoms with Crippen LogP contribution >= 0.6 is 27.5 Å². The van der Waals surface area contributed by atoms with Gasteiger partial charge in [-0.05, 0) is 48.2 Å². The van der Waals surface area contributed by atoms with Crippen LogP contribution in [-0.2, 0) is 11.3 Å². The molecule has 2 aromatic rings. The molecule has 3 heterocycles. The van der Waals surface area contributed by atoms with Gasteiger partial charge in [0.15, 0.2) is 5.65 Å². The Kier molecular flexibility index (Phi) is 4.29. The molecule has 0 amide bonds. The number of pyridine rings is 1. The minimum Gasteiger partial charge on any atom is -0.376 e. The molecule has 0 spiro atoms. The van der Waals surface area contributed by atoms with Crippen molar-refractivity contribution in [3.05, 3.63) is 22.6 Å². The van der Waals surface area contributed by atoms with Gasteiger partial charge in [0.1, 0.15) is 11.3 Å². The highest BCUT2D eigenvalue weighted by molar-refractivity contribution is 9.10. The monoisotopic (exact) mass is 357 g/mol. The Morgan fingerprint density at radius 2 is 2.40 bits per heavy atom. The number of imidazole rings is 1. The molecule has 0 N–H and O–H groups in total. The number of fused-ring (bicyclic) bond motifs is 1. The van der Waals surface area contributed by atoms with Crippen molar-refractivity contribution >= 4 is 38.7 Å². The lowest BCUT2D eigenvalue weighted by molar-refractivity contribution is 0.00610. The first kappa shape index (κ1) is 14.3. The first-order chi connectivity index (χ1) is 9.65. The van der Waals surface area contributed by atoms with Crippen molar-refractivity contribution in [3.8, 4) is 0 Å². The third kappa shape index (κ3) is 2.85. The molecule has 108 valence electrons. The van der Waals surface area contributed by atoms with Crippen LogP contribution in [0.4, 0.5) is 0 Å². The Morgan fingerprint density at radius 3 is 3.10 bits per heavy atom. The van der Waals surface area contributed by atoms with Gasteiger partial charge < -0.3 is 9.30 Å². The van der Waals surface area contributed by atoms with Crippen LogP contribution in [0.1, 0.15) is 37.4 Å². The summed E-state index contributed by atoms with van der Waals surface area (Å²) in [4.78, 5) is 9.11. The lowest BCUT2D eigenvalue weighted by Gasteiger charge is -2.24. The van der Waals surface area contributed by atoms with Gasteiger partial charge in [-0.1, -0.05) is 0 Å². The van der Waals surface area contributed by atoms with Crippen LogP contribution in [0.15, 0.2) is 16.7 Å². The molecule has 4 nitrogen and oxygen atoms in total. The molecule has 20 heavy (non-hydrogen) atoms. The average molecular weight is 359 g/mol. The van der Waals surface area contributed by atoms with Crippen molar-refractivity contribution in [2.75, 3.05) is 6.61 Å². The molecule has 2 aromatic heterocycles. The Labute approximate surface area is 131 Å². The van der Waals surface area contributed by atoms with Crippen LogP contribution < -0.4 is 0 Å². The first-order valence-electron chi connectivity index (χ1n) is 6.92. The van der Waals surface area contributed by atoms with Gasteiger partial charge in [0.2, 0.25) is 0 Å². The summed E-state index contributed by atoms with van der Waals surface area (Å²) in [7, 11) is 0. The maximum atomic E-state index is 6.27. The molecule has 0 aliphatic carbocycles. The second-order valence-electron chi connectivity index (χ2n) is 5.18. The maximum absolute atomic E-state index is 6.27. The standard InChI is InChI=1S/C14H17BrClN3O/c1-9(16)13-18-12-6-10(15)7-17-14(12)19(13)8-11-4-2-3-5-20-11/h6-7,9,11H,2-5,8H2,1H3. The largest absolute Gasteiger partial charge is 0.376 e. The second-order valence-corrected chi connectivity index (χ2v) is 6.75. The molecule has 2 unspecified atom stereocenters. The third-order valence-corrected chi connectivity index (χ3v) is 4.23. The van der Waals surface area contributed by atoms with Gasteiger partial charge >= 0.3 is 0 Å². The molecule has 1 aliphatic heterocycles. The van der Waals surface area contributed by atoms with E-state index in [4.69, 9.17) is 16.3 Å². The van der Waals surface area contributed by atoms with Gasteiger partial charge in [0.25, 0.3) is 0 Å². The van der Waals surface area contributed by atoms with E-state index >= 15 is 0 Å². The number of alkyl halides is 1. The maximum Gasteiger partial charge on any atom is 0.160 e. The Bertz CT molecular complexity index is 608. The van der Waals surface area contributed by atoms with Gasteiger partial charge in [-0.2, -0.15) is 0 Å². The fourth-order valence-corrected chi connectivity index (χ4v) is 3.13. The molecule has 0 saturated carbocycles. The molecule has 1 aliphatic rings. The highest BCUT2D eigenvalue weighted by Gasteiger charge is 2.21. The molecule has 0 bridgehead atoms. The van der Waals surface area contributed by atoms with Crippen LogP contribution in [0.2, 0.25) is 0 Å². The van der Waals surface area contributed by atoms with E-state index < -0.39 is 0 Å². The number of hydrogen-bond donors (Lipinski definition) is 0. The Balaban J connectivity index is 1.99. The summed E-state index contributed by atoms with van der Waals surface area (Å²) in [5.41, 5.74) is 1.75. The van der Waals surface area contributed by atoms with Crippen molar-refractivity contribution in [2.24, 2.45) is 0 Å². The molecular formula is C14H17BrClN3O. The van der Waals surface area contributed by atoms with Gasteiger partial charge in [-0.15, -0.1) is 11.6 Å². The zero-order chi connectivity index (χ0) is 14.1. The van der Waals surface area contributed by atoms with Crippen molar-refractivity contribution < 1.29 is 4.74 Å². The first-order valence-corrected chi connectivity index (χ1v) is 8.15. The Morgan fingerprint density at radius 1 is 1.55 bits per heavy atom. The third-order valence-electron chi connectivity index (χ3n) is 3.60. The molecular weight excluding hydrogens is 342 g/mol. The van der Waals surface area contributed by atoms with Crippen LogP contribution in [0.5, 0.6) is 0 Å². The average Bonchev–Trinajstić information content (AvgIpc) is 2.78. The summed E-state index contributed by atoms with van der Waals surface area (Å²) in [6, 6.07) is 1.98. The number of halogens is 2. The predicted octanol–water partition coefficient (Wildman–Crippen LogP) is 4.06. The van der Waals surface area contributed by atoms with E-state index in [1.807, 2.05) is 13.0 Å². The predicted molar refractivity (Wildman–Crippen MR) is 83.1 cm³/mol. The van der Waals surface area contributed by atoms with E-state index in [0.29, 0.717) is 0 Å². The lowest BCUT2D eigenvalue weighted by Crippen LogP contribution is -2.25. The molecule has 0 aromatic carbocycles. The van der Waals surface area contributed by atoms with Gasteiger partial charge in [0, 0.05) is 17.3 Å². The summed E-state index contributed by atoms with van der Waals surface area (Å²) < 4.78 is 8.86. The van der Waals surface area contributed by atoms with Gasteiger partial charge in [-0.25, -0.2) is 9.97 Å². The summed E-state index contributed by atoms with van der Waals surface area (Å²) in [6.45, 7) is 3.57. The minimum atomic E-state index is -0.147. The molecule has 0 radical (unpaired) electrons. The summed E-state index contributed by atoms with van der Waals surface area (Å²) in [5, 5.41) is -0.147. The van der Waals surface area contributed by atoms with E-state index in [1.54, 1.807) is 6.20 Å². The SMILES string of the molecule is CC(Cl)c1nc2cc(Br)cnc2n1CC1CCCCO1. The normalized spacial score (nSPS) is 21.2. The summed E-state index contributed by atoms with van der Waals surface area (Å²) in [5.74, 6) is 0.862. The second kappa shape index (κ2) is 6.00. The van der Waals surface area contributed by atoms with Crippen molar-refractivity contribution in [1.29, 1.82) is 0 Å². The highest BCUT2D eigenvalue weighted by atomic mass is 79.9. The number of ether oxygens (including phenoxy) is 1. The highest BCUT2D eigenvalue weighted by Crippen LogP contribution is 2.26. The van der Waals surface area contributed by atoms with E-state index in [1.165, 1.54) is 6.42 Å². The number of aromatic nitrogens is 3. The van der Waals surface area contributed by atoms with Crippen molar-refractivity contribution in [2.45, 2.75) is 44.2 Å². The van der Waals surface area contributed by atoms with Crippen LogP contribution in [0.3, 0.4) is 0 Å². The number of nitrogens with zero attached hydrogens (tertiary/aromatic N) is 3. The zero-order valence-electron chi connectivity index (χ0n) is 11.4. The topological polar surface area (TPSA) is 39.9 Å². The van der Waals surface area contributed by atoms with Crippen molar-refractivity contribution in [1.82, 2.24) is 14.5 Å². The van der Waals surface area contributed by atoms with E-state index in [9.17, 15) is 0 Å². The molecule has 2 atom stereocenters. The van der Waals surface area contributed by atoms with Crippen LogP contribution in [0.25, 0.3) is 11.2 Å². The van der Waals surface area contributed by atoms with E-state index in [0.717, 1.165) is 47.5 Å². The van der Waals surface area contributed by atoms with E-state index in [2.05, 4.69) is 30.5 Å². The van der Waals surface area contributed by atoms with E-state index in [-0.39, 0.29) is 11.5 Å². The van der Waals surface area contributed by atoms with Gasteiger partial charge in [-0.3, -0.25) is 0 Å². The molecule has 3 rings (SSSR count). The summed E-state index contributed by atoms with van der Waals surface area (Å²) >= 11 is 9.71. The molecule has 6 heteroatoms. The quantitative estimate of drug-likeness (QED) is 0.777. The number of rotatable bonds is 3. The fraction of sp³-hybridized carbons (Fsp3) is 0.571. The molecule has 1 fully saturated rings. The van der Waals surface area contributed by atoms with Gasteiger partial charge in [0.05, 0.1) is 18.0 Å². The fourth-order valence-electron chi connectivity index (χ4n) is 2.64. The molecule has 1 saturated heterocycles. The zero-order valence-corrected chi connectivity index (χ0v) is 13.7. The van der Waals surface area contributed by atoms with Crippen molar-refractivity contribution in [3.63, 3.8) is 0 Å². The summed E-state index contributed by atoms with van der Waals surface area (Å²) in [6.07, 6.45) is 5.51.